The van der Waals surface area contributed by atoms with E-state index in [0.29, 0.717) is 5.92 Å². The van der Waals surface area contributed by atoms with Gasteiger partial charge in [-0.2, -0.15) is 0 Å². The molecule has 0 saturated heterocycles. The highest BCUT2D eigenvalue weighted by Crippen LogP contribution is 2.74. The van der Waals surface area contributed by atoms with E-state index in [2.05, 4.69) is 19.9 Å². The average Bonchev–Trinajstić information content (AvgIpc) is 3.19. The first-order valence-electron chi connectivity index (χ1n) is 9.12. The van der Waals surface area contributed by atoms with E-state index in [1.165, 1.54) is 26.3 Å². The van der Waals surface area contributed by atoms with Crippen LogP contribution in [0.25, 0.3) is 0 Å². The fourth-order valence-corrected chi connectivity index (χ4v) is 5.74. The Morgan fingerprint density at radius 2 is 1.35 bits per heavy atom. The van der Waals surface area contributed by atoms with Crippen molar-refractivity contribution in [2.45, 2.75) is 66.8 Å². The van der Waals surface area contributed by atoms with Gasteiger partial charge in [0.25, 0.3) is 0 Å². The Labute approximate surface area is 154 Å². The van der Waals surface area contributed by atoms with Crippen molar-refractivity contribution in [3.63, 3.8) is 0 Å². The first-order chi connectivity index (χ1) is 11.9. The number of hydrogen-bond acceptors (Lipinski definition) is 6. The number of fused-ring (bicyclic) bond motifs is 1. The van der Waals surface area contributed by atoms with Gasteiger partial charge in [-0.3, -0.25) is 14.4 Å². The lowest BCUT2D eigenvalue weighted by atomic mass is 9.77. The second-order valence-corrected chi connectivity index (χ2v) is 8.79. The van der Waals surface area contributed by atoms with Crippen LogP contribution in [0.1, 0.15) is 48.5 Å². The van der Waals surface area contributed by atoms with Gasteiger partial charge in [-0.15, -0.1) is 0 Å². The zero-order valence-electron chi connectivity index (χ0n) is 16.5. The minimum Gasteiger partial charge on any atom is -0.458 e. The van der Waals surface area contributed by atoms with Gasteiger partial charge in [0, 0.05) is 31.6 Å². The summed E-state index contributed by atoms with van der Waals surface area (Å²) < 4.78 is 17.0. The van der Waals surface area contributed by atoms with Crippen molar-refractivity contribution >= 4 is 17.9 Å². The zero-order valence-corrected chi connectivity index (χ0v) is 16.5. The molecule has 7 atom stereocenters. The van der Waals surface area contributed by atoms with Crippen LogP contribution in [0.2, 0.25) is 0 Å². The average molecular weight is 364 g/mol. The number of allylic oxidation sites excluding steroid dienone is 1. The van der Waals surface area contributed by atoms with E-state index in [4.69, 9.17) is 14.2 Å². The minimum atomic E-state index is -0.851. The largest absolute Gasteiger partial charge is 0.458 e. The van der Waals surface area contributed by atoms with Gasteiger partial charge in [-0.1, -0.05) is 32.4 Å². The third-order valence-electron chi connectivity index (χ3n) is 6.49. The molecule has 0 aromatic carbocycles. The summed E-state index contributed by atoms with van der Waals surface area (Å²) in [6, 6.07) is 0. The number of carbonyl (C=O) groups is 3. The van der Waals surface area contributed by atoms with Crippen LogP contribution in [-0.4, -0.2) is 36.2 Å². The predicted molar refractivity (Wildman–Crippen MR) is 92.8 cm³/mol. The lowest BCUT2D eigenvalue weighted by Crippen LogP contribution is -2.54. The molecule has 4 unspecified atom stereocenters. The van der Waals surface area contributed by atoms with Crippen LogP contribution in [-0.2, 0) is 28.6 Å². The molecule has 0 amide bonds. The first-order valence-corrected chi connectivity index (χ1v) is 9.12. The van der Waals surface area contributed by atoms with E-state index in [1.54, 1.807) is 0 Å². The lowest BCUT2D eigenvalue weighted by molar-refractivity contribution is -0.199. The van der Waals surface area contributed by atoms with Gasteiger partial charge in [0.2, 0.25) is 0 Å². The summed E-state index contributed by atoms with van der Waals surface area (Å²) >= 11 is 0. The molecule has 26 heavy (non-hydrogen) atoms. The fourth-order valence-electron chi connectivity index (χ4n) is 5.74. The molecule has 6 nitrogen and oxygen atoms in total. The molecule has 0 aromatic heterocycles. The van der Waals surface area contributed by atoms with E-state index < -0.39 is 47.0 Å². The lowest BCUT2D eigenvalue weighted by Gasteiger charge is -2.41. The quantitative estimate of drug-likeness (QED) is 0.435. The normalized spacial score (nSPS) is 42.0. The molecule has 144 valence electrons. The Bertz CT molecular complexity index is 692. The van der Waals surface area contributed by atoms with E-state index in [-0.39, 0.29) is 11.8 Å². The SMILES string of the molecule is CC(=O)O[C@@H]1[C@@H](OC(C)=O)C(C)(C)C2C3C(C)=CC(C)(C32)[C@@H]1OC(C)=O. The summed E-state index contributed by atoms with van der Waals surface area (Å²) in [6.07, 6.45) is -0.0948. The van der Waals surface area contributed by atoms with Gasteiger partial charge < -0.3 is 14.2 Å². The summed E-state index contributed by atoms with van der Waals surface area (Å²) in [4.78, 5) is 35.6. The van der Waals surface area contributed by atoms with Gasteiger partial charge in [0.05, 0.1) is 0 Å². The highest BCUT2D eigenvalue weighted by molar-refractivity contribution is 5.69. The van der Waals surface area contributed by atoms with Crippen LogP contribution >= 0.6 is 0 Å². The Hall–Kier alpha value is -1.85. The minimum absolute atomic E-state index is 0.278. The van der Waals surface area contributed by atoms with Crippen LogP contribution in [0.5, 0.6) is 0 Å². The maximum Gasteiger partial charge on any atom is 0.303 e. The molecule has 6 heteroatoms. The Kier molecular flexibility index (Phi) is 4.24. The summed E-state index contributed by atoms with van der Waals surface area (Å²) in [6.45, 7) is 12.2. The van der Waals surface area contributed by atoms with E-state index in [0.717, 1.165) is 0 Å². The number of ether oxygens (including phenoxy) is 3. The van der Waals surface area contributed by atoms with Crippen LogP contribution in [0.4, 0.5) is 0 Å². The second kappa shape index (κ2) is 5.83. The third-order valence-corrected chi connectivity index (χ3v) is 6.49. The van der Waals surface area contributed by atoms with E-state index in [1.807, 2.05) is 13.8 Å². The second-order valence-electron chi connectivity index (χ2n) is 8.79. The number of rotatable bonds is 3. The Morgan fingerprint density at radius 3 is 1.85 bits per heavy atom. The van der Waals surface area contributed by atoms with Gasteiger partial charge in [-0.25, -0.2) is 0 Å². The molecule has 0 radical (unpaired) electrons. The molecular formula is C20H28O6. The molecule has 0 N–H and O–H groups in total. The van der Waals surface area contributed by atoms with Gasteiger partial charge in [-0.05, 0) is 24.7 Å². The highest BCUT2D eigenvalue weighted by atomic mass is 16.6. The summed E-state index contributed by atoms with van der Waals surface area (Å²) in [5.74, 6) is -0.440. The number of esters is 3. The first kappa shape index (κ1) is 18.9. The Morgan fingerprint density at radius 1 is 0.846 bits per heavy atom. The van der Waals surface area contributed by atoms with Crippen molar-refractivity contribution < 1.29 is 28.6 Å². The summed E-state index contributed by atoms with van der Waals surface area (Å²) in [5.41, 5.74) is 0.377. The van der Waals surface area contributed by atoms with Crippen LogP contribution in [0.3, 0.4) is 0 Å². The predicted octanol–water partition coefficient (Wildman–Crippen LogP) is 2.65. The maximum absolute atomic E-state index is 11.9. The third kappa shape index (κ3) is 2.65. The van der Waals surface area contributed by atoms with E-state index in [9.17, 15) is 14.4 Å². The van der Waals surface area contributed by atoms with E-state index >= 15 is 0 Å². The summed E-state index contributed by atoms with van der Waals surface area (Å²) in [5, 5.41) is 0. The van der Waals surface area contributed by atoms with Crippen LogP contribution < -0.4 is 0 Å². The van der Waals surface area contributed by atoms with Crippen molar-refractivity contribution in [2.75, 3.05) is 0 Å². The molecule has 0 bridgehead atoms. The fraction of sp³-hybridized carbons (Fsp3) is 0.750. The van der Waals surface area contributed by atoms with Gasteiger partial charge in [0.15, 0.2) is 12.2 Å². The van der Waals surface area contributed by atoms with Crippen LogP contribution in [0, 0.1) is 28.6 Å². The number of carbonyl (C=O) groups excluding carboxylic acids is 3. The molecule has 0 spiro atoms. The van der Waals surface area contributed by atoms with Crippen LogP contribution in [0.15, 0.2) is 11.6 Å². The summed E-state index contributed by atoms with van der Waals surface area (Å²) in [7, 11) is 0. The number of hydrogen-bond donors (Lipinski definition) is 0. The highest BCUT2D eigenvalue weighted by Gasteiger charge is 2.75. The Balaban J connectivity index is 2.15. The van der Waals surface area contributed by atoms with Gasteiger partial charge in [0.1, 0.15) is 6.10 Å². The molecule has 0 heterocycles. The van der Waals surface area contributed by atoms with Crippen molar-refractivity contribution in [3.05, 3.63) is 11.6 Å². The molecule has 3 aliphatic rings. The molecule has 3 aliphatic carbocycles. The van der Waals surface area contributed by atoms with Crippen molar-refractivity contribution in [1.82, 2.24) is 0 Å². The van der Waals surface area contributed by atoms with Gasteiger partial charge >= 0.3 is 17.9 Å². The molecule has 0 aliphatic heterocycles. The maximum atomic E-state index is 11.9. The molecule has 2 saturated carbocycles. The molecule has 2 fully saturated rings. The molecule has 3 rings (SSSR count). The standard InChI is InChI=1S/C20H28O6/c1-9-8-20(7)15-13(9)14(15)19(5,6)17(25-11(3)22)16(24-10(2)21)18(20)26-12(4)23/h8,13-18H,1-7H3/t13?,14?,15?,16-,17-,18-,20?/m1/s1. The monoisotopic (exact) mass is 364 g/mol. The molecular weight excluding hydrogens is 336 g/mol. The van der Waals surface area contributed by atoms with Crippen molar-refractivity contribution in [1.29, 1.82) is 0 Å². The van der Waals surface area contributed by atoms with Crippen molar-refractivity contribution in [3.8, 4) is 0 Å². The van der Waals surface area contributed by atoms with Crippen molar-refractivity contribution in [2.24, 2.45) is 28.6 Å². The topological polar surface area (TPSA) is 78.9 Å². The zero-order chi connectivity index (χ0) is 19.6. The smallest absolute Gasteiger partial charge is 0.303 e. The molecule has 0 aromatic rings.